The van der Waals surface area contributed by atoms with Crippen LogP contribution < -0.4 is 4.18 Å². The Hall–Kier alpha value is -1.01. The second-order valence-corrected chi connectivity index (χ2v) is 5.15. The summed E-state index contributed by atoms with van der Waals surface area (Å²) in [4.78, 5) is 4.54. The molecule has 0 unspecified atom stereocenters. The van der Waals surface area contributed by atoms with Crippen LogP contribution in [0.1, 0.15) is 0 Å². The quantitative estimate of drug-likeness (QED) is 0.199. The lowest BCUT2D eigenvalue weighted by molar-refractivity contribution is -0.447. The molecule has 0 saturated heterocycles. The van der Waals surface area contributed by atoms with Crippen LogP contribution in [0.5, 0.6) is 5.75 Å². The molecule has 0 saturated carbocycles. The molecule has 0 aliphatic carbocycles. The molecule has 0 heterocycles. The van der Waals surface area contributed by atoms with Crippen LogP contribution >= 0.6 is 12.0 Å². The van der Waals surface area contributed by atoms with Crippen molar-refractivity contribution in [3.05, 3.63) is 24.3 Å². The minimum Gasteiger partial charge on any atom is -0.376 e. The van der Waals surface area contributed by atoms with Gasteiger partial charge in [0.15, 0.2) is 0 Å². The Kier molecular flexibility index (Phi) is 5.43. The Morgan fingerprint density at radius 3 is 2.21 bits per heavy atom. The van der Waals surface area contributed by atoms with E-state index in [1.165, 1.54) is 19.2 Å². The van der Waals surface area contributed by atoms with Gasteiger partial charge in [-0.25, -0.2) is 4.89 Å². The Labute approximate surface area is 110 Å². The minimum absolute atomic E-state index is 0.425. The third-order valence-corrected chi connectivity index (χ3v) is 3.11. The molecular weight excluding hydrogens is 313 g/mol. The topological polar surface area (TPSA) is 71.1 Å². The van der Waals surface area contributed by atoms with Gasteiger partial charge in [0.2, 0.25) is 0 Å². The first-order valence-corrected chi connectivity index (χ1v) is 6.56. The molecule has 19 heavy (non-hydrogen) atoms. The zero-order chi connectivity index (χ0) is 14.5. The van der Waals surface area contributed by atoms with Gasteiger partial charge in [0.1, 0.15) is 5.75 Å². The third kappa shape index (κ3) is 4.87. The highest BCUT2D eigenvalue weighted by Gasteiger charge is 2.48. The molecule has 0 fully saturated rings. The molecule has 0 amide bonds. The number of halogens is 3. The van der Waals surface area contributed by atoms with Crippen LogP contribution in [0, 0.1) is 0 Å². The molecule has 0 radical (unpaired) electrons. The van der Waals surface area contributed by atoms with Crippen LogP contribution in [0.15, 0.2) is 29.2 Å². The fourth-order valence-electron chi connectivity index (χ4n) is 0.806. The average molecular weight is 320 g/mol. The van der Waals surface area contributed by atoms with Crippen LogP contribution in [-0.2, 0) is 24.4 Å². The molecule has 0 spiro atoms. The van der Waals surface area contributed by atoms with Gasteiger partial charge in [0.05, 0.1) is 19.2 Å². The highest BCUT2D eigenvalue weighted by Crippen LogP contribution is 2.28. The first-order valence-electron chi connectivity index (χ1n) is 4.41. The van der Waals surface area contributed by atoms with Crippen LogP contribution in [0.4, 0.5) is 13.2 Å². The number of alkyl halides is 3. The summed E-state index contributed by atoms with van der Waals surface area (Å²) in [7, 11) is -4.46. The normalized spacial score (nSPS) is 12.4. The first-order chi connectivity index (χ1) is 8.76. The summed E-state index contributed by atoms with van der Waals surface area (Å²) in [5, 5.41) is 4.08. The zero-order valence-corrected chi connectivity index (χ0v) is 10.8. The van der Waals surface area contributed by atoms with Crippen LogP contribution in [0.25, 0.3) is 0 Å². The number of benzene rings is 1. The average Bonchev–Trinajstić information content (AvgIpc) is 2.30. The SMILES string of the molecule is COOOSc1ccc(OS(=O)(=O)C(F)(F)F)cc1. The van der Waals surface area contributed by atoms with E-state index in [0.717, 1.165) is 12.1 Å². The highest BCUT2D eigenvalue weighted by atomic mass is 32.2. The summed E-state index contributed by atoms with van der Waals surface area (Å²) in [5.41, 5.74) is -5.48. The minimum atomic E-state index is -5.67. The lowest BCUT2D eigenvalue weighted by atomic mass is 10.3. The van der Waals surface area contributed by atoms with Gasteiger partial charge in [-0.2, -0.15) is 21.6 Å². The van der Waals surface area contributed by atoms with E-state index in [1.807, 2.05) is 0 Å². The molecule has 0 aliphatic rings. The van der Waals surface area contributed by atoms with Gasteiger partial charge in [0, 0.05) is 4.90 Å². The van der Waals surface area contributed by atoms with E-state index in [1.54, 1.807) is 0 Å². The molecule has 0 N–H and O–H groups in total. The summed E-state index contributed by atoms with van der Waals surface area (Å²) in [6, 6.07) is 4.60. The van der Waals surface area contributed by atoms with Crippen LogP contribution in [-0.4, -0.2) is 21.0 Å². The van der Waals surface area contributed by atoms with Crippen LogP contribution in [0.2, 0.25) is 0 Å². The predicted molar refractivity (Wildman–Crippen MR) is 57.1 cm³/mol. The van der Waals surface area contributed by atoms with Gasteiger partial charge in [-0.1, -0.05) is 5.04 Å². The maximum absolute atomic E-state index is 12.0. The Morgan fingerprint density at radius 2 is 1.74 bits per heavy atom. The molecule has 11 heteroatoms. The highest BCUT2D eigenvalue weighted by molar-refractivity contribution is 7.94. The van der Waals surface area contributed by atoms with Crippen molar-refractivity contribution in [1.82, 2.24) is 0 Å². The fourth-order valence-corrected chi connectivity index (χ4v) is 1.67. The van der Waals surface area contributed by atoms with Crippen molar-refractivity contribution >= 4 is 22.2 Å². The van der Waals surface area contributed by atoms with Crippen molar-refractivity contribution in [3.8, 4) is 5.75 Å². The van der Waals surface area contributed by atoms with Gasteiger partial charge in [-0.05, 0) is 24.3 Å². The fraction of sp³-hybridized carbons (Fsp3) is 0.250. The van der Waals surface area contributed by atoms with Crippen molar-refractivity contribution in [1.29, 1.82) is 0 Å². The third-order valence-electron chi connectivity index (χ3n) is 1.54. The molecule has 0 aromatic heterocycles. The molecule has 0 bridgehead atoms. The monoisotopic (exact) mass is 320 g/mol. The molecule has 1 aromatic carbocycles. The van der Waals surface area contributed by atoms with E-state index in [0.29, 0.717) is 16.9 Å². The van der Waals surface area contributed by atoms with E-state index in [-0.39, 0.29) is 0 Å². The standard InChI is InChI=1S/C8H7F3O6S2/c1-14-16-17-18-7-4-2-6(3-5-7)15-19(12,13)8(9,10)11/h2-5H,1H3. The van der Waals surface area contributed by atoms with Crippen molar-refractivity contribution < 1.29 is 40.0 Å². The van der Waals surface area contributed by atoms with Gasteiger partial charge >= 0.3 is 15.6 Å². The maximum Gasteiger partial charge on any atom is 0.534 e. The Balaban J connectivity index is 2.67. The molecule has 6 nitrogen and oxygen atoms in total. The van der Waals surface area contributed by atoms with Gasteiger partial charge in [-0.15, -0.1) is 4.33 Å². The largest absolute Gasteiger partial charge is 0.534 e. The number of hydrogen-bond donors (Lipinski definition) is 0. The molecule has 0 aliphatic heterocycles. The van der Waals surface area contributed by atoms with Crippen molar-refractivity contribution in [2.24, 2.45) is 0 Å². The molecule has 1 aromatic rings. The molecule has 0 atom stereocenters. The summed E-state index contributed by atoms with van der Waals surface area (Å²) in [6.07, 6.45) is 0. The smallest absolute Gasteiger partial charge is 0.376 e. The maximum atomic E-state index is 12.0. The zero-order valence-electron chi connectivity index (χ0n) is 9.21. The van der Waals surface area contributed by atoms with Crippen molar-refractivity contribution in [2.45, 2.75) is 10.4 Å². The second kappa shape index (κ2) is 6.43. The predicted octanol–water partition coefficient (Wildman–Crippen LogP) is 2.43. The summed E-state index contributed by atoms with van der Waals surface area (Å²) >= 11 is 0.703. The van der Waals surface area contributed by atoms with Crippen LogP contribution in [0.3, 0.4) is 0 Å². The lowest BCUT2D eigenvalue weighted by Gasteiger charge is -2.09. The summed E-state index contributed by atoms with van der Waals surface area (Å²) in [6.45, 7) is 0. The molecule has 1 rings (SSSR count). The van der Waals surface area contributed by atoms with Gasteiger partial charge in [0.25, 0.3) is 0 Å². The number of hydrogen-bond acceptors (Lipinski definition) is 7. The van der Waals surface area contributed by atoms with E-state index in [9.17, 15) is 21.6 Å². The molecular formula is C8H7F3O6S2. The second-order valence-electron chi connectivity index (χ2n) is 2.84. The lowest BCUT2D eigenvalue weighted by Crippen LogP contribution is -2.27. The van der Waals surface area contributed by atoms with Crippen molar-refractivity contribution in [3.63, 3.8) is 0 Å². The summed E-state index contributed by atoms with van der Waals surface area (Å²) < 4.78 is 65.8. The van der Waals surface area contributed by atoms with Gasteiger partial charge in [-0.3, -0.25) is 0 Å². The summed E-state index contributed by atoms with van der Waals surface area (Å²) in [5.74, 6) is -0.477. The van der Waals surface area contributed by atoms with E-state index in [4.69, 9.17) is 0 Å². The van der Waals surface area contributed by atoms with E-state index < -0.39 is 21.4 Å². The Bertz CT molecular complexity index is 498. The van der Waals surface area contributed by atoms with Crippen molar-refractivity contribution in [2.75, 3.05) is 7.11 Å². The van der Waals surface area contributed by atoms with Gasteiger partial charge < -0.3 is 4.18 Å². The van der Waals surface area contributed by atoms with E-state index in [2.05, 4.69) is 18.4 Å². The van der Waals surface area contributed by atoms with E-state index >= 15 is 0 Å². The number of rotatable bonds is 6. The molecule has 108 valence electrons. The Morgan fingerprint density at radius 1 is 1.16 bits per heavy atom. The first kappa shape index (κ1) is 16.0.